The summed E-state index contributed by atoms with van der Waals surface area (Å²) in [4.78, 5) is 0. The summed E-state index contributed by atoms with van der Waals surface area (Å²) in [5, 5.41) is 0. The minimum atomic E-state index is 0.689. The Hall–Kier alpha value is -0.120. The van der Waals surface area contributed by atoms with E-state index in [1.807, 2.05) is 0 Å². The van der Waals surface area contributed by atoms with E-state index in [0.717, 1.165) is 13.2 Å². The van der Waals surface area contributed by atoms with Gasteiger partial charge < -0.3 is 14.2 Å². The molecule has 0 aromatic carbocycles. The zero-order valence-corrected chi connectivity index (χ0v) is 14.5. The first-order chi connectivity index (χ1) is 10.4. The normalized spacial score (nSPS) is 11.1. The molecule has 3 heteroatoms. The molecule has 0 fully saturated rings. The number of rotatable bonds is 18. The third kappa shape index (κ3) is 19.9. The molecule has 21 heavy (non-hydrogen) atoms. The maximum Gasteiger partial charge on any atom is 0.0701 e. The molecule has 0 heterocycles. The summed E-state index contributed by atoms with van der Waals surface area (Å²) in [6.07, 6.45) is 12.9. The average Bonchev–Trinajstić information content (AvgIpc) is 2.50. The number of hydrogen-bond donors (Lipinski definition) is 0. The minimum Gasteiger partial charge on any atom is -0.379 e. The summed E-state index contributed by atoms with van der Waals surface area (Å²) in [6.45, 7) is 9.03. The molecule has 0 aliphatic carbocycles. The summed E-state index contributed by atoms with van der Waals surface area (Å²) in [7, 11) is 0. The van der Waals surface area contributed by atoms with Gasteiger partial charge in [0, 0.05) is 13.2 Å². The molecule has 128 valence electrons. The van der Waals surface area contributed by atoms with Gasteiger partial charge in [-0.3, -0.25) is 0 Å². The Morgan fingerprint density at radius 2 is 0.714 bits per heavy atom. The van der Waals surface area contributed by atoms with Crippen molar-refractivity contribution < 1.29 is 14.2 Å². The van der Waals surface area contributed by atoms with E-state index >= 15 is 0 Å². The lowest BCUT2D eigenvalue weighted by atomic mass is 10.1. The van der Waals surface area contributed by atoms with Crippen molar-refractivity contribution in [3.05, 3.63) is 0 Å². The van der Waals surface area contributed by atoms with Gasteiger partial charge in [-0.15, -0.1) is 0 Å². The second-order valence-corrected chi connectivity index (χ2v) is 5.67. The molecule has 0 radical (unpaired) electrons. The van der Waals surface area contributed by atoms with Crippen molar-refractivity contribution in [3.63, 3.8) is 0 Å². The van der Waals surface area contributed by atoms with E-state index in [9.17, 15) is 0 Å². The first-order valence-electron chi connectivity index (χ1n) is 9.15. The molecule has 0 rings (SSSR count). The Morgan fingerprint density at radius 3 is 1.19 bits per heavy atom. The highest BCUT2D eigenvalue weighted by Crippen LogP contribution is 2.04. The highest BCUT2D eigenvalue weighted by atomic mass is 16.5. The standard InChI is InChI=1S/C18H38O3/c1-3-5-7-9-10-12-14-20-16-18-21-17-15-19-13-11-8-6-4-2/h3-18H2,1-2H3. The van der Waals surface area contributed by atoms with Gasteiger partial charge in [-0.1, -0.05) is 65.2 Å². The molecule has 0 atom stereocenters. The van der Waals surface area contributed by atoms with Gasteiger partial charge in [-0.2, -0.15) is 0 Å². The fourth-order valence-corrected chi connectivity index (χ4v) is 2.16. The van der Waals surface area contributed by atoms with Crippen LogP contribution in [0.3, 0.4) is 0 Å². The van der Waals surface area contributed by atoms with Crippen LogP contribution in [0.25, 0.3) is 0 Å². The van der Waals surface area contributed by atoms with E-state index in [-0.39, 0.29) is 0 Å². The van der Waals surface area contributed by atoms with Gasteiger partial charge >= 0.3 is 0 Å². The predicted octanol–water partition coefficient (Wildman–Crippen LogP) is 4.98. The van der Waals surface area contributed by atoms with Gasteiger partial charge in [0.15, 0.2) is 0 Å². The fraction of sp³-hybridized carbons (Fsp3) is 1.00. The lowest BCUT2D eigenvalue weighted by molar-refractivity contribution is 0.0132. The van der Waals surface area contributed by atoms with E-state index in [2.05, 4.69) is 13.8 Å². The maximum atomic E-state index is 5.55. The second kappa shape index (κ2) is 19.9. The summed E-state index contributed by atoms with van der Waals surface area (Å²) in [5.41, 5.74) is 0. The molecule has 0 amide bonds. The van der Waals surface area contributed by atoms with Gasteiger partial charge in [0.1, 0.15) is 0 Å². The Balaban J connectivity index is 2.90. The lowest BCUT2D eigenvalue weighted by Gasteiger charge is -2.07. The summed E-state index contributed by atoms with van der Waals surface area (Å²) < 4.78 is 16.5. The van der Waals surface area contributed by atoms with Crippen LogP contribution < -0.4 is 0 Å². The fourth-order valence-electron chi connectivity index (χ4n) is 2.16. The SMILES string of the molecule is CCCCCCCCOCCOCCOCCCCCC. The van der Waals surface area contributed by atoms with Crippen LogP contribution in [0.15, 0.2) is 0 Å². The number of unbranched alkanes of at least 4 members (excludes halogenated alkanes) is 8. The second-order valence-electron chi connectivity index (χ2n) is 5.67. The molecule has 0 bridgehead atoms. The van der Waals surface area contributed by atoms with Crippen LogP contribution in [0, 0.1) is 0 Å². The van der Waals surface area contributed by atoms with Gasteiger partial charge in [-0.25, -0.2) is 0 Å². The van der Waals surface area contributed by atoms with Crippen molar-refractivity contribution in [2.45, 2.75) is 78.1 Å². The largest absolute Gasteiger partial charge is 0.379 e. The average molecular weight is 302 g/mol. The third-order valence-corrected chi connectivity index (χ3v) is 3.53. The Bertz CT molecular complexity index is 156. The molecule has 0 N–H and O–H groups in total. The number of ether oxygens (including phenoxy) is 3. The summed E-state index contributed by atoms with van der Waals surface area (Å²) in [6, 6.07) is 0. The van der Waals surface area contributed by atoms with Gasteiger partial charge in [0.2, 0.25) is 0 Å². The zero-order chi connectivity index (χ0) is 15.4. The monoisotopic (exact) mass is 302 g/mol. The molecule has 0 unspecified atom stereocenters. The van der Waals surface area contributed by atoms with Crippen LogP contribution in [0.5, 0.6) is 0 Å². The summed E-state index contributed by atoms with van der Waals surface area (Å²) >= 11 is 0. The molecule has 0 aromatic rings. The number of hydrogen-bond acceptors (Lipinski definition) is 3. The van der Waals surface area contributed by atoms with Crippen LogP contribution in [0.1, 0.15) is 78.1 Å². The van der Waals surface area contributed by atoms with Gasteiger partial charge in [0.05, 0.1) is 26.4 Å². The van der Waals surface area contributed by atoms with E-state index in [1.165, 1.54) is 64.2 Å². The maximum absolute atomic E-state index is 5.55. The van der Waals surface area contributed by atoms with Crippen molar-refractivity contribution >= 4 is 0 Å². The van der Waals surface area contributed by atoms with Crippen LogP contribution in [-0.4, -0.2) is 39.6 Å². The summed E-state index contributed by atoms with van der Waals surface area (Å²) in [5.74, 6) is 0. The van der Waals surface area contributed by atoms with Crippen molar-refractivity contribution in [3.8, 4) is 0 Å². The molecular weight excluding hydrogens is 264 g/mol. The lowest BCUT2D eigenvalue weighted by Crippen LogP contribution is -2.10. The highest BCUT2D eigenvalue weighted by molar-refractivity contribution is 4.43. The van der Waals surface area contributed by atoms with Gasteiger partial charge in [0.25, 0.3) is 0 Å². The van der Waals surface area contributed by atoms with Crippen LogP contribution >= 0.6 is 0 Å². The van der Waals surface area contributed by atoms with E-state index < -0.39 is 0 Å². The van der Waals surface area contributed by atoms with Crippen molar-refractivity contribution in [1.29, 1.82) is 0 Å². The zero-order valence-electron chi connectivity index (χ0n) is 14.5. The van der Waals surface area contributed by atoms with E-state index in [0.29, 0.717) is 26.4 Å². The van der Waals surface area contributed by atoms with Crippen molar-refractivity contribution in [1.82, 2.24) is 0 Å². The first kappa shape index (κ1) is 20.9. The molecule has 0 aliphatic heterocycles. The highest BCUT2D eigenvalue weighted by Gasteiger charge is 1.93. The Morgan fingerprint density at radius 1 is 0.381 bits per heavy atom. The molecule has 0 aliphatic rings. The molecule has 3 nitrogen and oxygen atoms in total. The van der Waals surface area contributed by atoms with Crippen LogP contribution in [0.4, 0.5) is 0 Å². The van der Waals surface area contributed by atoms with Crippen LogP contribution in [0.2, 0.25) is 0 Å². The van der Waals surface area contributed by atoms with Crippen molar-refractivity contribution in [2.24, 2.45) is 0 Å². The van der Waals surface area contributed by atoms with E-state index in [4.69, 9.17) is 14.2 Å². The smallest absolute Gasteiger partial charge is 0.0701 e. The van der Waals surface area contributed by atoms with E-state index in [1.54, 1.807) is 0 Å². The third-order valence-electron chi connectivity index (χ3n) is 3.53. The first-order valence-corrected chi connectivity index (χ1v) is 9.15. The minimum absolute atomic E-state index is 0.689. The Kier molecular flexibility index (Phi) is 19.8. The van der Waals surface area contributed by atoms with Crippen LogP contribution in [-0.2, 0) is 14.2 Å². The molecular formula is C18H38O3. The van der Waals surface area contributed by atoms with Crippen molar-refractivity contribution in [2.75, 3.05) is 39.6 Å². The molecule has 0 saturated heterocycles. The molecule has 0 saturated carbocycles. The Labute approximate surface area is 132 Å². The molecule has 0 aromatic heterocycles. The quantitative estimate of drug-likeness (QED) is 0.334. The topological polar surface area (TPSA) is 27.7 Å². The predicted molar refractivity (Wildman–Crippen MR) is 90.0 cm³/mol. The molecule has 0 spiro atoms. The van der Waals surface area contributed by atoms with Gasteiger partial charge in [-0.05, 0) is 12.8 Å².